The van der Waals surface area contributed by atoms with E-state index in [2.05, 4.69) is 16.7 Å². The molecule has 0 bridgehead atoms. The van der Waals surface area contributed by atoms with Crippen LogP contribution in [0.15, 0.2) is 53.4 Å². The number of carbonyl (C=O) groups excluding carboxylic acids is 3. The van der Waals surface area contributed by atoms with Crippen LogP contribution in [-0.2, 0) is 4.79 Å². The summed E-state index contributed by atoms with van der Waals surface area (Å²) in [5.74, 6) is 0.215. The molecule has 2 saturated heterocycles. The molecule has 3 heterocycles. The molecular formula is C24H24N4O3S2. The Morgan fingerprint density at radius 2 is 2.00 bits per heavy atom. The van der Waals surface area contributed by atoms with E-state index < -0.39 is 11.6 Å². The van der Waals surface area contributed by atoms with Gasteiger partial charge in [-0.3, -0.25) is 14.9 Å². The number of para-hydroxylation sites is 1. The Labute approximate surface area is 200 Å². The van der Waals surface area contributed by atoms with Crippen LogP contribution in [-0.4, -0.2) is 52.1 Å². The molecule has 0 radical (unpaired) electrons. The van der Waals surface area contributed by atoms with Gasteiger partial charge in [-0.15, -0.1) is 23.1 Å². The van der Waals surface area contributed by atoms with Crippen LogP contribution in [0.5, 0.6) is 0 Å². The molecule has 3 aromatic rings. The Kier molecular flexibility index (Phi) is 5.84. The number of piperidine rings is 1. The topological polar surface area (TPSA) is 91.4 Å². The SMILES string of the molecule is C[C@@]1(CSc2ccccc2C(=O)N2CCC[C@@H](c3nc4ccccc4s3)C2)NC(=O)NC1=O. The van der Waals surface area contributed by atoms with E-state index in [9.17, 15) is 14.4 Å². The Balaban J connectivity index is 1.32. The molecule has 2 aliphatic heterocycles. The van der Waals surface area contributed by atoms with Crippen molar-refractivity contribution in [2.24, 2.45) is 0 Å². The molecule has 4 amide bonds. The molecule has 7 nitrogen and oxygen atoms in total. The van der Waals surface area contributed by atoms with Crippen molar-refractivity contribution in [2.75, 3.05) is 18.8 Å². The standard InChI is InChI=1S/C24H24N4O3S2/c1-24(22(30)26-23(31)27-24)14-32-18-10-4-2-8-16(18)21(29)28-12-6-7-15(13-28)20-25-17-9-3-5-11-19(17)33-20/h2-5,8-11,15H,6-7,12-14H2,1H3,(H2,26,27,30,31)/t15-,24+/m1/s1. The predicted molar refractivity (Wildman–Crippen MR) is 130 cm³/mol. The fraction of sp³-hybridized carbons (Fsp3) is 0.333. The number of thiazole rings is 1. The average Bonchev–Trinajstić information content (AvgIpc) is 3.37. The number of carbonyl (C=O) groups is 3. The summed E-state index contributed by atoms with van der Waals surface area (Å²) < 4.78 is 1.18. The predicted octanol–water partition coefficient (Wildman–Crippen LogP) is 4.01. The van der Waals surface area contributed by atoms with Gasteiger partial charge in [0.2, 0.25) is 0 Å². The molecule has 2 fully saturated rings. The number of benzene rings is 2. The van der Waals surface area contributed by atoms with E-state index in [0.29, 0.717) is 17.9 Å². The number of fused-ring (bicyclic) bond motifs is 1. The van der Waals surface area contributed by atoms with Gasteiger partial charge in [-0.2, -0.15) is 0 Å². The highest BCUT2D eigenvalue weighted by Gasteiger charge is 2.42. The third-order valence-electron chi connectivity index (χ3n) is 6.12. The molecule has 0 spiro atoms. The molecule has 9 heteroatoms. The summed E-state index contributed by atoms with van der Waals surface area (Å²) >= 11 is 3.12. The lowest BCUT2D eigenvalue weighted by atomic mass is 9.98. The summed E-state index contributed by atoms with van der Waals surface area (Å²) in [6, 6.07) is 15.1. The van der Waals surface area contributed by atoms with E-state index >= 15 is 0 Å². The highest BCUT2D eigenvalue weighted by atomic mass is 32.2. The molecule has 5 rings (SSSR count). The van der Waals surface area contributed by atoms with Gasteiger partial charge < -0.3 is 10.2 Å². The van der Waals surface area contributed by atoms with Gasteiger partial charge in [-0.25, -0.2) is 9.78 Å². The van der Waals surface area contributed by atoms with Crippen LogP contribution in [0.4, 0.5) is 4.79 Å². The van der Waals surface area contributed by atoms with Crippen LogP contribution >= 0.6 is 23.1 Å². The van der Waals surface area contributed by atoms with Gasteiger partial charge >= 0.3 is 6.03 Å². The van der Waals surface area contributed by atoms with E-state index in [1.54, 1.807) is 18.3 Å². The van der Waals surface area contributed by atoms with Gasteiger partial charge in [0.15, 0.2) is 0 Å². The van der Waals surface area contributed by atoms with Crippen molar-refractivity contribution in [2.45, 2.75) is 36.1 Å². The van der Waals surface area contributed by atoms with Crippen molar-refractivity contribution in [1.29, 1.82) is 0 Å². The number of urea groups is 1. The zero-order chi connectivity index (χ0) is 23.0. The number of imide groups is 1. The van der Waals surface area contributed by atoms with Crippen LogP contribution in [0, 0.1) is 0 Å². The van der Waals surface area contributed by atoms with Crippen LogP contribution in [0.2, 0.25) is 0 Å². The monoisotopic (exact) mass is 480 g/mol. The number of rotatable bonds is 5. The average molecular weight is 481 g/mol. The first kappa shape index (κ1) is 21.9. The highest BCUT2D eigenvalue weighted by molar-refractivity contribution is 7.99. The fourth-order valence-electron chi connectivity index (χ4n) is 4.27. The first-order valence-corrected chi connectivity index (χ1v) is 12.7. The van der Waals surface area contributed by atoms with Crippen LogP contribution in [0.3, 0.4) is 0 Å². The van der Waals surface area contributed by atoms with Gasteiger partial charge in [-0.1, -0.05) is 24.3 Å². The smallest absolute Gasteiger partial charge is 0.322 e. The first-order valence-electron chi connectivity index (χ1n) is 10.9. The Morgan fingerprint density at radius 3 is 2.79 bits per heavy atom. The van der Waals surface area contributed by atoms with Gasteiger partial charge in [0.25, 0.3) is 11.8 Å². The number of thioether (sulfide) groups is 1. The van der Waals surface area contributed by atoms with E-state index in [1.165, 1.54) is 16.5 Å². The lowest BCUT2D eigenvalue weighted by Crippen LogP contribution is -2.46. The van der Waals surface area contributed by atoms with Gasteiger partial charge in [0.1, 0.15) is 5.54 Å². The Morgan fingerprint density at radius 1 is 1.21 bits per heavy atom. The van der Waals surface area contributed by atoms with Crippen LogP contribution in [0.1, 0.15) is 41.0 Å². The summed E-state index contributed by atoms with van der Waals surface area (Å²) in [4.78, 5) is 44.7. The summed E-state index contributed by atoms with van der Waals surface area (Å²) in [6.07, 6.45) is 1.96. The van der Waals surface area contributed by atoms with Crippen molar-refractivity contribution in [3.8, 4) is 0 Å². The number of aromatic nitrogens is 1. The highest BCUT2D eigenvalue weighted by Crippen LogP contribution is 2.34. The molecule has 0 unspecified atom stereocenters. The minimum atomic E-state index is -0.999. The number of hydrogen-bond donors (Lipinski definition) is 2. The summed E-state index contributed by atoms with van der Waals surface area (Å²) in [7, 11) is 0. The van der Waals surface area contributed by atoms with Crippen molar-refractivity contribution in [1.82, 2.24) is 20.5 Å². The van der Waals surface area contributed by atoms with E-state index in [-0.39, 0.29) is 17.7 Å². The molecule has 2 atom stereocenters. The number of nitrogens with zero attached hydrogens (tertiary/aromatic N) is 2. The third-order valence-corrected chi connectivity index (χ3v) is 8.71. The normalized spacial score (nSPS) is 22.9. The first-order chi connectivity index (χ1) is 15.9. The summed E-state index contributed by atoms with van der Waals surface area (Å²) in [6.45, 7) is 3.06. The maximum Gasteiger partial charge on any atom is 0.322 e. The van der Waals surface area contributed by atoms with Gasteiger partial charge in [-0.05, 0) is 44.0 Å². The fourth-order valence-corrected chi connectivity index (χ4v) is 6.50. The zero-order valence-corrected chi connectivity index (χ0v) is 19.8. The third kappa shape index (κ3) is 4.35. The van der Waals surface area contributed by atoms with E-state index in [4.69, 9.17) is 4.98 Å². The second kappa shape index (κ2) is 8.79. The van der Waals surface area contributed by atoms with Crippen molar-refractivity contribution < 1.29 is 14.4 Å². The summed E-state index contributed by atoms with van der Waals surface area (Å²) in [5.41, 5.74) is 0.640. The largest absolute Gasteiger partial charge is 0.338 e. The second-order valence-electron chi connectivity index (χ2n) is 8.64. The molecule has 2 aliphatic rings. The Hall–Kier alpha value is -2.91. The maximum atomic E-state index is 13.5. The van der Waals surface area contributed by atoms with E-state index in [1.807, 2.05) is 47.4 Å². The molecule has 2 N–H and O–H groups in total. The maximum absolute atomic E-state index is 13.5. The lowest BCUT2D eigenvalue weighted by molar-refractivity contribution is -0.122. The molecule has 0 saturated carbocycles. The van der Waals surface area contributed by atoms with Gasteiger partial charge in [0.05, 0.1) is 20.8 Å². The lowest BCUT2D eigenvalue weighted by Gasteiger charge is -2.32. The molecular weight excluding hydrogens is 456 g/mol. The number of hydrogen-bond acceptors (Lipinski definition) is 6. The Bertz CT molecular complexity index is 1210. The molecule has 170 valence electrons. The molecule has 33 heavy (non-hydrogen) atoms. The quantitative estimate of drug-likeness (QED) is 0.425. The van der Waals surface area contributed by atoms with E-state index in [0.717, 1.165) is 34.8 Å². The van der Waals surface area contributed by atoms with Crippen molar-refractivity contribution >= 4 is 51.2 Å². The molecule has 2 aromatic carbocycles. The van der Waals surface area contributed by atoms with Gasteiger partial charge in [0, 0.05) is 29.7 Å². The number of amides is 4. The van der Waals surface area contributed by atoms with Crippen molar-refractivity contribution in [3.63, 3.8) is 0 Å². The van der Waals surface area contributed by atoms with Crippen LogP contribution in [0.25, 0.3) is 10.2 Å². The molecule has 1 aromatic heterocycles. The second-order valence-corrected chi connectivity index (χ2v) is 10.7. The zero-order valence-electron chi connectivity index (χ0n) is 18.2. The minimum absolute atomic E-state index is 0.00558. The molecule has 0 aliphatic carbocycles. The number of likely N-dealkylation sites (tertiary alicyclic amines) is 1. The van der Waals surface area contributed by atoms with Crippen LogP contribution < -0.4 is 10.6 Å². The minimum Gasteiger partial charge on any atom is -0.338 e. The van der Waals surface area contributed by atoms with Crippen molar-refractivity contribution in [3.05, 3.63) is 59.1 Å². The number of nitrogens with one attached hydrogen (secondary N) is 2. The summed E-state index contributed by atoms with van der Waals surface area (Å²) in [5, 5.41) is 6.05.